The molecule has 0 saturated carbocycles. The number of aromatic nitrogens is 3. The Morgan fingerprint density at radius 2 is 2.27 bits per heavy atom. The molecule has 0 radical (unpaired) electrons. The van der Waals surface area contributed by atoms with E-state index < -0.39 is 19.8 Å². The van der Waals surface area contributed by atoms with Gasteiger partial charge in [-0.05, 0) is 6.92 Å². The second-order valence-electron chi connectivity index (χ2n) is 2.70. The number of aliphatic carboxylic acids is 1. The van der Waals surface area contributed by atoms with Crippen LogP contribution in [0.4, 0.5) is 5.82 Å². The predicted octanol–water partition coefficient (Wildman–Crippen LogP) is -0.823. The number of rotatable bonds is 4. The van der Waals surface area contributed by atoms with Gasteiger partial charge in [0, 0.05) is 0 Å². The molecule has 0 aliphatic heterocycles. The number of aromatic amines is 1. The Balaban J connectivity index is 3.11. The van der Waals surface area contributed by atoms with Crippen molar-refractivity contribution < 1.29 is 24.3 Å². The highest BCUT2D eigenvalue weighted by molar-refractivity contribution is 7.53. The summed E-state index contributed by atoms with van der Waals surface area (Å²) in [6.45, 7) is 1.14. The monoisotopic (exact) mass is 236 g/mol. The van der Waals surface area contributed by atoms with Crippen LogP contribution >= 0.6 is 7.75 Å². The van der Waals surface area contributed by atoms with E-state index in [4.69, 9.17) is 14.9 Å². The number of anilines is 1. The van der Waals surface area contributed by atoms with Crippen LogP contribution in [0.15, 0.2) is 6.20 Å². The molecule has 1 atom stereocenters. The van der Waals surface area contributed by atoms with E-state index in [1.54, 1.807) is 0 Å². The largest absolute Gasteiger partial charge is 0.480 e. The highest BCUT2D eigenvalue weighted by Crippen LogP contribution is 2.44. The fourth-order valence-electron chi connectivity index (χ4n) is 0.970. The van der Waals surface area contributed by atoms with Gasteiger partial charge >= 0.3 is 13.7 Å². The maximum absolute atomic E-state index is 11.1. The van der Waals surface area contributed by atoms with Crippen LogP contribution in [-0.4, -0.2) is 42.3 Å². The first kappa shape index (κ1) is 11.6. The van der Waals surface area contributed by atoms with Gasteiger partial charge in [-0.25, -0.2) is 14.0 Å². The van der Waals surface area contributed by atoms with Crippen molar-refractivity contribution in [3.63, 3.8) is 0 Å². The lowest BCUT2D eigenvalue weighted by molar-refractivity contribution is -0.138. The van der Waals surface area contributed by atoms with Gasteiger partial charge in [0.25, 0.3) is 0 Å². The molecule has 0 amide bonds. The van der Waals surface area contributed by atoms with Crippen molar-refractivity contribution in [1.29, 1.82) is 0 Å². The molecule has 0 spiro atoms. The molecule has 0 saturated heterocycles. The van der Waals surface area contributed by atoms with Crippen molar-refractivity contribution in [3.8, 4) is 0 Å². The maximum Gasteiger partial charge on any atom is 0.432 e. The molecule has 0 aromatic carbocycles. The van der Waals surface area contributed by atoms with Crippen molar-refractivity contribution in [2.24, 2.45) is 0 Å². The Kier molecular flexibility index (Phi) is 3.08. The minimum absolute atomic E-state index is 0.224. The lowest BCUT2D eigenvalue weighted by atomic mass is 10.3. The zero-order valence-electron chi connectivity index (χ0n) is 7.60. The minimum atomic E-state index is -4.74. The van der Waals surface area contributed by atoms with Gasteiger partial charge in [-0.2, -0.15) is 0 Å². The standard InChI is InChI=1S/C5H9N4O5P/c1-3(5(10)11)9(15(12,13)14)4-2-6-8-7-4/h2-3H,1H3,(H,10,11)(H,6,7,8)(H2,12,13,14)/t3-/m0/s1. The fourth-order valence-corrected chi connectivity index (χ4v) is 1.88. The van der Waals surface area contributed by atoms with Crippen molar-refractivity contribution in [3.05, 3.63) is 6.20 Å². The van der Waals surface area contributed by atoms with Crippen molar-refractivity contribution in [2.75, 3.05) is 4.67 Å². The molecule has 9 nitrogen and oxygen atoms in total. The first-order valence-corrected chi connectivity index (χ1v) is 5.35. The molecule has 1 aromatic rings. The van der Waals surface area contributed by atoms with E-state index in [9.17, 15) is 9.36 Å². The molecule has 1 rings (SSSR count). The SMILES string of the molecule is C[C@@H](C(=O)O)N(c1c[nH]nn1)P(=O)(O)O. The van der Waals surface area contributed by atoms with Gasteiger partial charge in [0.05, 0.1) is 6.20 Å². The van der Waals surface area contributed by atoms with Gasteiger partial charge in [0.2, 0.25) is 0 Å². The average Bonchev–Trinajstić information content (AvgIpc) is 2.54. The number of hydrogen-bond donors (Lipinski definition) is 4. The molecule has 4 N–H and O–H groups in total. The van der Waals surface area contributed by atoms with Gasteiger partial charge in [-0.3, -0.25) is 5.10 Å². The van der Waals surface area contributed by atoms with Crippen LogP contribution in [0.5, 0.6) is 0 Å². The third kappa shape index (κ3) is 2.52. The smallest absolute Gasteiger partial charge is 0.432 e. The average molecular weight is 236 g/mol. The van der Waals surface area contributed by atoms with Gasteiger partial charge in [-0.1, -0.05) is 5.21 Å². The van der Waals surface area contributed by atoms with E-state index in [1.165, 1.54) is 0 Å². The minimum Gasteiger partial charge on any atom is -0.480 e. The van der Waals surface area contributed by atoms with Crippen molar-refractivity contribution in [2.45, 2.75) is 13.0 Å². The molecule has 1 heterocycles. The molecule has 0 aliphatic carbocycles. The number of nitrogens with one attached hydrogen (secondary N) is 1. The molecular weight excluding hydrogens is 227 g/mol. The van der Waals surface area contributed by atoms with Crippen LogP contribution in [0.3, 0.4) is 0 Å². The molecule has 0 fully saturated rings. The van der Waals surface area contributed by atoms with Crippen LogP contribution in [0, 0.1) is 0 Å². The molecule has 0 aliphatic rings. The van der Waals surface area contributed by atoms with E-state index in [1.807, 2.05) is 0 Å². The number of carboxylic acid groups (broad SMARTS) is 1. The number of carboxylic acids is 1. The highest BCUT2D eigenvalue weighted by atomic mass is 31.2. The molecular formula is C5H9N4O5P. The van der Waals surface area contributed by atoms with Crippen LogP contribution in [0.2, 0.25) is 0 Å². The second kappa shape index (κ2) is 3.97. The molecule has 15 heavy (non-hydrogen) atoms. The lowest BCUT2D eigenvalue weighted by Crippen LogP contribution is -2.36. The molecule has 0 bridgehead atoms. The number of nitrogens with zero attached hydrogens (tertiary/aromatic N) is 3. The zero-order valence-corrected chi connectivity index (χ0v) is 8.50. The van der Waals surface area contributed by atoms with Crippen LogP contribution in [-0.2, 0) is 9.36 Å². The molecule has 84 valence electrons. The third-order valence-electron chi connectivity index (χ3n) is 1.64. The number of hydrogen-bond acceptors (Lipinski definition) is 4. The lowest BCUT2D eigenvalue weighted by Gasteiger charge is -2.25. The van der Waals surface area contributed by atoms with E-state index in [0.717, 1.165) is 13.1 Å². The van der Waals surface area contributed by atoms with Crippen molar-refractivity contribution >= 4 is 19.5 Å². The summed E-state index contributed by atoms with van der Waals surface area (Å²) in [6, 6.07) is -1.41. The van der Waals surface area contributed by atoms with Crippen LogP contribution in [0.1, 0.15) is 6.92 Å². The van der Waals surface area contributed by atoms with Gasteiger partial charge in [-0.15, -0.1) is 5.10 Å². The Bertz CT molecular complexity index is 386. The Morgan fingerprint density at radius 3 is 2.60 bits per heavy atom. The summed E-state index contributed by atoms with van der Waals surface area (Å²) < 4.78 is 11.4. The summed E-state index contributed by atoms with van der Waals surface area (Å²) in [5.41, 5.74) is 0. The Labute approximate surface area is 83.9 Å². The van der Waals surface area contributed by atoms with Crippen molar-refractivity contribution in [1.82, 2.24) is 15.4 Å². The van der Waals surface area contributed by atoms with E-state index >= 15 is 0 Å². The summed E-state index contributed by atoms with van der Waals surface area (Å²) in [5, 5.41) is 17.5. The third-order valence-corrected chi connectivity index (χ3v) is 2.76. The summed E-state index contributed by atoms with van der Waals surface area (Å²) in [5.74, 6) is -1.60. The Morgan fingerprint density at radius 1 is 1.67 bits per heavy atom. The zero-order chi connectivity index (χ0) is 11.6. The van der Waals surface area contributed by atoms with Gasteiger partial charge in [0.15, 0.2) is 5.82 Å². The number of carbonyl (C=O) groups is 1. The molecule has 1 aromatic heterocycles. The fraction of sp³-hybridized carbons (Fsp3) is 0.400. The van der Waals surface area contributed by atoms with Crippen LogP contribution < -0.4 is 4.67 Å². The highest BCUT2D eigenvalue weighted by Gasteiger charge is 2.36. The molecule has 10 heteroatoms. The van der Waals surface area contributed by atoms with E-state index in [-0.39, 0.29) is 5.82 Å². The predicted molar refractivity (Wildman–Crippen MR) is 48.0 cm³/mol. The number of H-pyrrole nitrogens is 1. The maximum atomic E-state index is 11.1. The summed E-state index contributed by atoms with van der Waals surface area (Å²) in [6.07, 6.45) is 1.10. The van der Waals surface area contributed by atoms with Crippen LogP contribution in [0.25, 0.3) is 0 Å². The molecule has 0 unspecified atom stereocenters. The Hall–Kier alpha value is -1.44. The van der Waals surface area contributed by atoms with Gasteiger partial charge < -0.3 is 14.9 Å². The topological polar surface area (TPSA) is 140 Å². The van der Waals surface area contributed by atoms with E-state index in [0.29, 0.717) is 4.67 Å². The normalized spacial score (nSPS) is 13.5. The second-order valence-corrected chi connectivity index (χ2v) is 4.16. The first-order chi connectivity index (χ1) is 6.84. The first-order valence-electron chi connectivity index (χ1n) is 3.78. The summed E-state index contributed by atoms with van der Waals surface area (Å²) in [7, 11) is -4.74. The summed E-state index contributed by atoms with van der Waals surface area (Å²) >= 11 is 0. The summed E-state index contributed by atoms with van der Waals surface area (Å²) in [4.78, 5) is 28.6. The quantitative estimate of drug-likeness (QED) is 0.497. The van der Waals surface area contributed by atoms with Gasteiger partial charge in [0.1, 0.15) is 6.04 Å². The van der Waals surface area contributed by atoms with E-state index in [2.05, 4.69) is 15.4 Å².